The van der Waals surface area contributed by atoms with E-state index in [1.165, 1.54) is 7.11 Å². The molecule has 1 aliphatic heterocycles. The first-order chi connectivity index (χ1) is 7.22. The van der Waals surface area contributed by atoms with Crippen molar-refractivity contribution >= 4 is 17.7 Å². The van der Waals surface area contributed by atoms with Crippen LogP contribution in [0, 0.1) is 0 Å². The van der Waals surface area contributed by atoms with Gasteiger partial charge in [0.15, 0.2) is 0 Å². The maximum atomic E-state index is 11.5. The molecule has 2 unspecified atom stereocenters. The van der Waals surface area contributed by atoms with Gasteiger partial charge in [-0.3, -0.25) is 9.69 Å². The van der Waals surface area contributed by atoms with Gasteiger partial charge in [-0.1, -0.05) is 6.92 Å². The third kappa shape index (κ3) is 3.36. The molecule has 0 radical (unpaired) electrons. The van der Waals surface area contributed by atoms with E-state index in [0.717, 1.165) is 25.3 Å². The summed E-state index contributed by atoms with van der Waals surface area (Å²) in [5, 5.41) is 0.623. The average molecular weight is 232 g/mol. The molecule has 1 fully saturated rings. The van der Waals surface area contributed by atoms with E-state index in [-0.39, 0.29) is 12.0 Å². The Kier molecular flexibility index (Phi) is 5.42. The molecule has 0 aromatic rings. The Bertz CT molecular complexity index is 214. The molecule has 2 N–H and O–H groups in total. The van der Waals surface area contributed by atoms with Crippen molar-refractivity contribution in [3.05, 3.63) is 0 Å². The smallest absolute Gasteiger partial charge is 0.324 e. The highest BCUT2D eigenvalue weighted by Gasteiger charge is 2.29. The van der Waals surface area contributed by atoms with Gasteiger partial charge in [0.2, 0.25) is 0 Å². The molecule has 0 spiro atoms. The molecule has 15 heavy (non-hydrogen) atoms. The first kappa shape index (κ1) is 12.8. The molecular weight excluding hydrogens is 212 g/mol. The van der Waals surface area contributed by atoms with E-state index in [4.69, 9.17) is 10.5 Å². The zero-order valence-corrected chi connectivity index (χ0v) is 10.3. The van der Waals surface area contributed by atoms with Crippen LogP contribution in [0.25, 0.3) is 0 Å². The van der Waals surface area contributed by atoms with Gasteiger partial charge in [-0.25, -0.2) is 0 Å². The molecule has 0 aromatic heterocycles. The predicted octanol–water partition coefficient (Wildman–Crippen LogP) is 0.314. The third-order valence-electron chi connectivity index (χ3n) is 2.76. The summed E-state index contributed by atoms with van der Waals surface area (Å²) in [5.74, 6) is 0.866. The van der Waals surface area contributed by atoms with Gasteiger partial charge < -0.3 is 10.5 Å². The number of carbonyl (C=O) groups excluding carboxylic acids is 1. The Morgan fingerprint density at radius 2 is 2.47 bits per heavy atom. The van der Waals surface area contributed by atoms with Crippen molar-refractivity contribution < 1.29 is 9.53 Å². The van der Waals surface area contributed by atoms with Gasteiger partial charge in [0, 0.05) is 30.6 Å². The lowest BCUT2D eigenvalue weighted by atomic mass is 10.2. The van der Waals surface area contributed by atoms with E-state index in [9.17, 15) is 4.79 Å². The number of ether oxygens (including phenoxy) is 1. The Labute approximate surface area is 95.5 Å². The Hall–Kier alpha value is -0.260. The molecule has 0 amide bonds. The third-order valence-corrected chi connectivity index (χ3v) is 4.13. The Morgan fingerprint density at radius 1 is 1.73 bits per heavy atom. The Morgan fingerprint density at radius 3 is 3.00 bits per heavy atom. The second kappa shape index (κ2) is 6.35. The van der Waals surface area contributed by atoms with E-state index in [1.54, 1.807) is 0 Å². The zero-order valence-electron chi connectivity index (χ0n) is 9.44. The fourth-order valence-electron chi connectivity index (χ4n) is 1.80. The van der Waals surface area contributed by atoms with Crippen LogP contribution in [0.5, 0.6) is 0 Å². The van der Waals surface area contributed by atoms with E-state index >= 15 is 0 Å². The van der Waals surface area contributed by atoms with Crippen molar-refractivity contribution in [1.82, 2.24) is 4.90 Å². The van der Waals surface area contributed by atoms with Crippen molar-refractivity contribution in [2.75, 3.05) is 32.5 Å². The number of carbonyl (C=O) groups is 1. The van der Waals surface area contributed by atoms with Crippen molar-refractivity contribution in [3.63, 3.8) is 0 Å². The van der Waals surface area contributed by atoms with Gasteiger partial charge in [-0.05, 0) is 6.42 Å². The molecule has 1 heterocycles. The van der Waals surface area contributed by atoms with Crippen molar-refractivity contribution in [2.45, 2.75) is 24.6 Å². The van der Waals surface area contributed by atoms with Crippen molar-refractivity contribution in [2.24, 2.45) is 5.73 Å². The van der Waals surface area contributed by atoms with Crippen LogP contribution >= 0.6 is 11.8 Å². The quantitative estimate of drug-likeness (QED) is 0.707. The normalized spacial score (nSPS) is 24.9. The SMILES string of the molecule is CCC1CN(C(CN)C(=O)OC)CCS1. The minimum atomic E-state index is -0.259. The van der Waals surface area contributed by atoms with Gasteiger partial charge in [-0.2, -0.15) is 11.8 Å². The van der Waals surface area contributed by atoms with Gasteiger partial charge in [-0.15, -0.1) is 0 Å². The van der Waals surface area contributed by atoms with Gasteiger partial charge in [0.25, 0.3) is 0 Å². The minimum absolute atomic E-state index is 0.209. The number of nitrogens with two attached hydrogens (primary N) is 1. The second-order valence-corrected chi connectivity index (χ2v) is 5.08. The summed E-state index contributed by atoms with van der Waals surface area (Å²) in [4.78, 5) is 13.6. The van der Waals surface area contributed by atoms with E-state index in [2.05, 4.69) is 11.8 Å². The number of thioether (sulfide) groups is 1. The van der Waals surface area contributed by atoms with E-state index in [0.29, 0.717) is 11.8 Å². The number of methoxy groups -OCH3 is 1. The fourth-order valence-corrected chi connectivity index (χ4v) is 3.01. The molecule has 0 bridgehead atoms. The number of hydrogen-bond donors (Lipinski definition) is 1. The number of nitrogens with zero attached hydrogens (tertiary/aromatic N) is 1. The molecule has 1 aliphatic rings. The molecule has 0 aromatic carbocycles. The van der Waals surface area contributed by atoms with Crippen LogP contribution in [0.4, 0.5) is 0 Å². The first-order valence-corrected chi connectivity index (χ1v) is 6.41. The maximum absolute atomic E-state index is 11.5. The summed E-state index contributed by atoms with van der Waals surface area (Å²) in [6.45, 7) is 4.39. The standard InChI is InChI=1S/C10H20N2O2S/c1-3-8-7-12(4-5-15-8)9(6-11)10(13)14-2/h8-9H,3-7,11H2,1-2H3. The average Bonchev–Trinajstić information content (AvgIpc) is 2.30. The van der Waals surface area contributed by atoms with Gasteiger partial charge >= 0.3 is 5.97 Å². The topological polar surface area (TPSA) is 55.6 Å². The molecule has 2 atom stereocenters. The van der Waals surface area contributed by atoms with Crippen molar-refractivity contribution in [3.8, 4) is 0 Å². The molecule has 1 rings (SSSR count). The summed E-state index contributed by atoms with van der Waals surface area (Å²) < 4.78 is 4.76. The van der Waals surface area contributed by atoms with Crippen LogP contribution < -0.4 is 5.73 Å². The molecule has 5 heteroatoms. The summed E-state index contributed by atoms with van der Waals surface area (Å²) >= 11 is 1.98. The van der Waals surface area contributed by atoms with Gasteiger partial charge in [0.05, 0.1) is 7.11 Å². The summed E-state index contributed by atoms with van der Waals surface area (Å²) in [6.07, 6.45) is 1.14. The summed E-state index contributed by atoms with van der Waals surface area (Å²) in [7, 11) is 1.42. The lowest BCUT2D eigenvalue weighted by Gasteiger charge is -2.35. The van der Waals surface area contributed by atoms with E-state index in [1.807, 2.05) is 11.8 Å². The summed E-state index contributed by atoms with van der Waals surface area (Å²) in [6, 6.07) is -0.259. The van der Waals surface area contributed by atoms with Crippen LogP contribution in [0.1, 0.15) is 13.3 Å². The molecular formula is C10H20N2O2S. The predicted molar refractivity (Wildman–Crippen MR) is 63.0 cm³/mol. The fraction of sp³-hybridized carbons (Fsp3) is 0.900. The van der Waals surface area contributed by atoms with Crippen LogP contribution in [0.3, 0.4) is 0 Å². The highest BCUT2D eigenvalue weighted by atomic mass is 32.2. The van der Waals surface area contributed by atoms with Crippen LogP contribution in [0.15, 0.2) is 0 Å². The van der Waals surface area contributed by atoms with Gasteiger partial charge in [0.1, 0.15) is 6.04 Å². The molecule has 0 saturated carbocycles. The van der Waals surface area contributed by atoms with Crippen LogP contribution in [-0.2, 0) is 9.53 Å². The molecule has 0 aliphatic carbocycles. The maximum Gasteiger partial charge on any atom is 0.324 e. The van der Waals surface area contributed by atoms with Crippen molar-refractivity contribution in [1.29, 1.82) is 0 Å². The number of rotatable bonds is 4. The minimum Gasteiger partial charge on any atom is -0.468 e. The summed E-state index contributed by atoms with van der Waals surface area (Å²) in [5.41, 5.74) is 5.62. The van der Waals surface area contributed by atoms with E-state index < -0.39 is 0 Å². The molecule has 1 saturated heterocycles. The lowest BCUT2D eigenvalue weighted by molar-refractivity contribution is -0.146. The van der Waals surface area contributed by atoms with Crippen LogP contribution in [0.2, 0.25) is 0 Å². The zero-order chi connectivity index (χ0) is 11.3. The first-order valence-electron chi connectivity index (χ1n) is 5.36. The monoisotopic (exact) mass is 232 g/mol. The Balaban J connectivity index is 2.55. The van der Waals surface area contributed by atoms with Crippen LogP contribution in [-0.4, -0.2) is 54.7 Å². The molecule has 4 nitrogen and oxygen atoms in total. The highest BCUT2D eigenvalue weighted by molar-refractivity contribution is 8.00. The molecule has 88 valence electrons. The highest BCUT2D eigenvalue weighted by Crippen LogP contribution is 2.22. The second-order valence-electron chi connectivity index (χ2n) is 3.67. The number of esters is 1. The lowest BCUT2D eigenvalue weighted by Crippen LogP contribution is -2.51. The largest absolute Gasteiger partial charge is 0.468 e. The number of hydrogen-bond acceptors (Lipinski definition) is 5.